The van der Waals surface area contributed by atoms with Gasteiger partial charge in [-0.3, -0.25) is 9.69 Å². The summed E-state index contributed by atoms with van der Waals surface area (Å²) in [7, 11) is 3.75. The highest BCUT2D eigenvalue weighted by Crippen LogP contribution is 2.34. The van der Waals surface area contributed by atoms with Gasteiger partial charge in [0.05, 0.1) is 22.9 Å². The number of hydrogen-bond acceptors (Lipinski definition) is 4. The molecule has 8 heteroatoms. The van der Waals surface area contributed by atoms with E-state index in [1.165, 1.54) is 12.8 Å². The first-order valence-corrected chi connectivity index (χ1v) is 9.70. The minimum Gasteiger partial charge on any atom is -0.480 e. The lowest BCUT2D eigenvalue weighted by atomic mass is 9.85. The van der Waals surface area contributed by atoms with E-state index in [1.54, 1.807) is 12.1 Å². The van der Waals surface area contributed by atoms with Crippen LogP contribution in [0.4, 0.5) is 16.2 Å². The van der Waals surface area contributed by atoms with E-state index >= 15 is 0 Å². The van der Waals surface area contributed by atoms with Crippen molar-refractivity contribution in [2.45, 2.75) is 37.8 Å². The molecule has 0 radical (unpaired) electrons. The highest BCUT2D eigenvalue weighted by molar-refractivity contribution is 6.34. The van der Waals surface area contributed by atoms with Crippen molar-refractivity contribution in [1.29, 1.82) is 0 Å². The topological polar surface area (TPSA) is 84.9 Å². The third-order valence-electron chi connectivity index (χ3n) is 5.17. The predicted octanol–water partition coefficient (Wildman–Crippen LogP) is 2.86. The van der Waals surface area contributed by atoms with Crippen molar-refractivity contribution in [3.8, 4) is 0 Å². The largest absolute Gasteiger partial charge is 0.480 e. The van der Waals surface area contributed by atoms with Gasteiger partial charge >= 0.3 is 12.0 Å². The van der Waals surface area contributed by atoms with Crippen molar-refractivity contribution in [3.05, 3.63) is 23.2 Å². The van der Waals surface area contributed by atoms with Gasteiger partial charge in [0, 0.05) is 32.7 Å². The zero-order chi connectivity index (χ0) is 19.6. The summed E-state index contributed by atoms with van der Waals surface area (Å²) in [5.41, 5.74) is 1.42. The lowest BCUT2D eigenvalue weighted by Gasteiger charge is -2.42. The molecule has 2 fully saturated rings. The maximum Gasteiger partial charge on any atom is 0.319 e. The first-order chi connectivity index (χ1) is 12.8. The quantitative estimate of drug-likeness (QED) is 0.631. The summed E-state index contributed by atoms with van der Waals surface area (Å²) in [5, 5.41) is 15.5. The molecule has 0 spiro atoms. The Morgan fingerprint density at radius 2 is 1.96 bits per heavy atom. The summed E-state index contributed by atoms with van der Waals surface area (Å²) in [5.74, 6) is -0.145. The number of carboxylic acid groups (broad SMARTS) is 1. The molecule has 2 saturated carbocycles. The van der Waals surface area contributed by atoms with E-state index in [0.717, 1.165) is 25.1 Å². The number of halogens is 1. The monoisotopic (exact) mass is 394 g/mol. The van der Waals surface area contributed by atoms with Gasteiger partial charge in [-0.05, 0) is 43.7 Å². The number of para-hydroxylation sites is 1. The molecule has 2 aliphatic carbocycles. The summed E-state index contributed by atoms with van der Waals surface area (Å²) in [6.07, 6.45) is 3.95. The molecule has 0 aromatic heterocycles. The van der Waals surface area contributed by atoms with Gasteiger partial charge in [-0.1, -0.05) is 17.7 Å². The van der Waals surface area contributed by atoms with Crippen LogP contribution in [0.1, 0.15) is 25.7 Å². The van der Waals surface area contributed by atoms with Crippen LogP contribution in [0.15, 0.2) is 18.2 Å². The SMILES string of the molecule is CN(C)c1c(Cl)cccc1NC(=O)NC1CC(N(CC(=O)O)CC2CC2)C1. The van der Waals surface area contributed by atoms with E-state index in [2.05, 4.69) is 15.5 Å². The van der Waals surface area contributed by atoms with Crippen molar-refractivity contribution < 1.29 is 14.7 Å². The van der Waals surface area contributed by atoms with Gasteiger partial charge in [0.25, 0.3) is 0 Å². The van der Waals surface area contributed by atoms with Gasteiger partial charge in [-0.25, -0.2) is 4.79 Å². The summed E-state index contributed by atoms with van der Waals surface area (Å²) in [4.78, 5) is 27.4. The van der Waals surface area contributed by atoms with Gasteiger partial charge in [0.15, 0.2) is 0 Å². The van der Waals surface area contributed by atoms with Crippen LogP contribution >= 0.6 is 11.6 Å². The molecule has 0 aliphatic heterocycles. The third-order valence-corrected chi connectivity index (χ3v) is 5.48. The van der Waals surface area contributed by atoms with E-state index in [9.17, 15) is 9.59 Å². The number of anilines is 2. The molecule has 2 aliphatic rings. The molecule has 2 amide bonds. The molecule has 1 aromatic rings. The summed E-state index contributed by atoms with van der Waals surface area (Å²) >= 11 is 6.23. The second-order valence-corrected chi connectivity index (χ2v) is 8.12. The third kappa shape index (κ3) is 5.26. The standard InChI is InChI=1S/C19H27ClN4O3/c1-23(2)18-15(20)4-3-5-16(18)22-19(27)21-13-8-14(9-13)24(11-17(25)26)10-12-6-7-12/h3-5,12-14H,6-11H2,1-2H3,(H,25,26)(H2,21,22,27). The molecular weight excluding hydrogens is 368 g/mol. The number of nitrogens with one attached hydrogen (secondary N) is 2. The zero-order valence-electron chi connectivity index (χ0n) is 15.7. The minimum absolute atomic E-state index is 0.0625. The normalized spacial score (nSPS) is 21.5. The average Bonchev–Trinajstić information content (AvgIpc) is 3.33. The highest BCUT2D eigenvalue weighted by Gasteiger charge is 2.37. The van der Waals surface area contributed by atoms with Crippen LogP contribution < -0.4 is 15.5 Å². The molecule has 0 saturated heterocycles. The molecule has 0 atom stereocenters. The van der Waals surface area contributed by atoms with Crippen molar-refractivity contribution in [1.82, 2.24) is 10.2 Å². The van der Waals surface area contributed by atoms with E-state index < -0.39 is 5.97 Å². The number of benzene rings is 1. The number of carbonyl (C=O) groups excluding carboxylic acids is 1. The lowest BCUT2D eigenvalue weighted by molar-refractivity contribution is -0.139. The molecule has 3 rings (SSSR count). The van der Waals surface area contributed by atoms with Crippen LogP contribution in [0.2, 0.25) is 5.02 Å². The van der Waals surface area contributed by atoms with Crippen molar-refractivity contribution in [2.75, 3.05) is 37.4 Å². The van der Waals surface area contributed by atoms with Crippen molar-refractivity contribution in [3.63, 3.8) is 0 Å². The number of aliphatic carboxylic acids is 1. The predicted molar refractivity (Wildman–Crippen MR) is 107 cm³/mol. The van der Waals surface area contributed by atoms with Crippen LogP contribution in [0.5, 0.6) is 0 Å². The number of hydrogen-bond donors (Lipinski definition) is 3. The molecule has 0 heterocycles. The fourth-order valence-corrected chi connectivity index (χ4v) is 3.91. The van der Waals surface area contributed by atoms with Gasteiger partial charge < -0.3 is 20.6 Å². The first kappa shape index (κ1) is 19.8. The van der Waals surface area contributed by atoms with Crippen LogP contribution in [0, 0.1) is 5.92 Å². The Morgan fingerprint density at radius 3 is 2.56 bits per heavy atom. The van der Waals surface area contributed by atoms with Crippen LogP contribution in [0.25, 0.3) is 0 Å². The number of rotatable bonds is 8. The van der Waals surface area contributed by atoms with Gasteiger partial charge in [0.1, 0.15) is 0 Å². The number of amides is 2. The lowest BCUT2D eigenvalue weighted by Crippen LogP contribution is -2.55. The second-order valence-electron chi connectivity index (χ2n) is 7.72. The number of carboxylic acids is 1. The minimum atomic E-state index is -0.790. The number of urea groups is 1. The van der Waals surface area contributed by atoms with Gasteiger partial charge in [-0.15, -0.1) is 0 Å². The van der Waals surface area contributed by atoms with Crippen molar-refractivity contribution in [2.24, 2.45) is 5.92 Å². The molecular formula is C19H27ClN4O3. The Bertz CT molecular complexity index is 702. The van der Waals surface area contributed by atoms with Crippen molar-refractivity contribution >= 4 is 35.0 Å². The van der Waals surface area contributed by atoms with Crippen LogP contribution in [-0.2, 0) is 4.79 Å². The van der Waals surface area contributed by atoms with E-state index in [0.29, 0.717) is 16.6 Å². The Labute approximate surface area is 164 Å². The molecule has 3 N–H and O–H groups in total. The highest BCUT2D eigenvalue weighted by atomic mass is 35.5. The molecule has 27 heavy (non-hydrogen) atoms. The number of nitrogens with zero attached hydrogens (tertiary/aromatic N) is 2. The van der Waals surface area contributed by atoms with Gasteiger partial charge in [0.2, 0.25) is 0 Å². The Kier molecular flexibility index (Phi) is 6.11. The Hall–Kier alpha value is -1.99. The summed E-state index contributed by atoms with van der Waals surface area (Å²) in [6, 6.07) is 5.42. The molecule has 148 valence electrons. The molecule has 0 unspecified atom stereocenters. The van der Waals surface area contributed by atoms with E-state index in [-0.39, 0.29) is 24.7 Å². The Balaban J connectivity index is 1.50. The molecule has 7 nitrogen and oxygen atoms in total. The van der Waals surface area contributed by atoms with Crippen LogP contribution in [-0.4, -0.2) is 61.3 Å². The second kappa shape index (κ2) is 8.35. The zero-order valence-corrected chi connectivity index (χ0v) is 16.5. The smallest absolute Gasteiger partial charge is 0.319 e. The molecule has 0 bridgehead atoms. The maximum absolute atomic E-state index is 12.4. The number of carbonyl (C=O) groups is 2. The average molecular weight is 395 g/mol. The van der Waals surface area contributed by atoms with E-state index in [4.69, 9.17) is 16.7 Å². The summed E-state index contributed by atoms with van der Waals surface area (Å²) < 4.78 is 0. The van der Waals surface area contributed by atoms with Crippen LogP contribution in [0.3, 0.4) is 0 Å². The first-order valence-electron chi connectivity index (χ1n) is 9.32. The Morgan fingerprint density at radius 1 is 1.26 bits per heavy atom. The fourth-order valence-electron chi connectivity index (χ4n) is 3.57. The van der Waals surface area contributed by atoms with Gasteiger partial charge in [-0.2, -0.15) is 0 Å². The summed E-state index contributed by atoms with van der Waals surface area (Å²) in [6.45, 7) is 0.930. The fraction of sp³-hybridized carbons (Fsp3) is 0.579. The van der Waals surface area contributed by atoms with E-state index in [1.807, 2.05) is 25.1 Å². The molecule has 1 aromatic carbocycles. The maximum atomic E-state index is 12.4.